The highest BCUT2D eigenvalue weighted by atomic mass is 16.5. The van der Waals surface area contributed by atoms with Gasteiger partial charge in [-0.3, -0.25) is 4.90 Å². The molecule has 0 bridgehead atoms. The predicted molar refractivity (Wildman–Crippen MR) is 65.8 cm³/mol. The SMILES string of the molecule is COc1cc(C)c(CN(C)CO)c(C)c1C. The van der Waals surface area contributed by atoms with E-state index in [-0.39, 0.29) is 6.73 Å². The summed E-state index contributed by atoms with van der Waals surface area (Å²) in [6.07, 6.45) is 0. The third-order valence-corrected chi connectivity index (χ3v) is 3.10. The normalized spacial score (nSPS) is 10.9. The van der Waals surface area contributed by atoms with Crippen LogP contribution in [0.15, 0.2) is 6.07 Å². The summed E-state index contributed by atoms with van der Waals surface area (Å²) in [5.41, 5.74) is 4.90. The minimum absolute atomic E-state index is 0.0734. The van der Waals surface area contributed by atoms with Crippen molar-refractivity contribution in [2.45, 2.75) is 27.3 Å². The van der Waals surface area contributed by atoms with Gasteiger partial charge in [-0.25, -0.2) is 0 Å². The number of hydrogen-bond acceptors (Lipinski definition) is 3. The Bertz CT molecular complexity index is 375. The van der Waals surface area contributed by atoms with Crippen molar-refractivity contribution >= 4 is 0 Å². The average Bonchev–Trinajstić information content (AvgIpc) is 2.28. The second-order valence-electron chi connectivity index (χ2n) is 4.28. The second kappa shape index (κ2) is 5.32. The molecule has 90 valence electrons. The molecule has 1 N–H and O–H groups in total. The van der Waals surface area contributed by atoms with E-state index < -0.39 is 0 Å². The van der Waals surface area contributed by atoms with Gasteiger partial charge in [0.2, 0.25) is 0 Å². The van der Waals surface area contributed by atoms with Gasteiger partial charge in [0.15, 0.2) is 0 Å². The first-order valence-corrected chi connectivity index (χ1v) is 5.44. The van der Waals surface area contributed by atoms with Crippen molar-refractivity contribution in [2.24, 2.45) is 0 Å². The third-order valence-electron chi connectivity index (χ3n) is 3.10. The molecule has 0 aliphatic rings. The molecule has 1 rings (SSSR count). The average molecular weight is 223 g/mol. The van der Waals surface area contributed by atoms with Crippen LogP contribution in [0.1, 0.15) is 22.3 Å². The van der Waals surface area contributed by atoms with Gasteiger partial charge in [0, 0.05) is 6.54 Å². The van der Waals surface area contributed by atoms with E-state index in [9.17, 15) is 0 Å². The van der Waals surface area contributed by atoms with Crippen molar-refractivity contribution in [1.29, 1.82) is 0 Å². The Morgan fingerprint density at radius 2 is 1.88 bits per heavy atom. The van der Waals surface area contributed by atoms with E-state index >= 15 is 0 Å². The van der Waals surface area contributed by atoms with Crippen LogP contribution in [0.25, 0.3) is 0 Å². The van der Waals surface area contributed by atoms with Crippen molar-refractivity contribution in [3.05, 3.63) is 28.3 Å². The van der Waals surface area contributed by atoms with E-state index in [0.717, 1.165) is 12.3 Å². The number of aryl methyl sites for hydroxylation is 1. The minimum atomic E-state index is 0.0734. The number of methoxy groups -OCH3 is 1. The summed E-state index contributed by atoms with van der Waals surface area (Å²) in [5, 5.41) is 9.05. The maximum Gasteiger partial charge on any atom is 0.122 e. The monoisotopic (exact) mass is 223 g/mol. The maximum absolute atomic E-state index is 9.05. The Labute approximate surface area is 97.7 Å². The molecule has 0 fully saturated rings. The predicted octanol–water partition coefficient (Wildman–Crippen LogP) is 2.00. The van der Waals surface area contributed by atoms with Crippen LogP contribution in [-0.2, 0) is 6.54 Å². The highest BCUT2D eigenvalue weighted by Gasteiger charge is 2.11. The Kier molecular flexibility index (Phi) is 4.33. The van der Waals surface area contributed by atoms with Crippen LogP contribution in [-0.4, -0.2) is 30.9 Å². The molecule has 0 amide bonds. The summed E-state index contributed by atoms with van der Waals surface area (Å²) < 4.78 is 5.33. The molecule has 0 aromatic heterocycles. The summed E-state index contributed by atoms with van der Waals surface area (Å²) >= 11 is 0. The van der Waals surface area contributed by atoms with Crippen LogP contribution in [0.2, 0.25) is 0 Å². The molecule has 3 nitrogen and oxygen atoms in total. The Balaban J connectivity index is 3.15. The molecule has 0 heterocycles. The molecule has 16 heavy (non-hydrogen) atoms. The molecule has 0 saturated carbocycles. The van der Waals surface area contributed by atoms with Gasteiger partial charge in [-0.1, -0.05) is 0 Å². The minimum Gasteiger partial charge on any atom is -0.496 e. The summed E-state index contributed by atoms with van der Waals surface area (Å²) in [4.78, 5) is 1.88. The molecular formula is C13H21NO2. The zero-order valence-electron chi connectivity index (χ0n) is 10.8. The largest absolute Gasteiger partial charge is 0.496 e. The first-order valence-electron chi connectivity index (χ1n) is 5.44. The van der Waals surface area contributed by atoms with Crippen molar-refractivity contribution in [1.82, 2.24) is 4.90 Å². The van der Waals surface area contributed by atoms with Gasteiger partial charge in [0.1, 0.15) is 5.75 Å². The number of rotatable bonds is 4. The Morgan fingerprint density at radius 3 is 2.38 bits per heavy atom. The smallest absolute Gasteiger partial charge is 0.122 e. The number of aliphatic hydroxyl groups excluding tert-OH is 1. The topological polar surface area (TPSA) is 32.7 Å². The number of hydrogen-bond donors (Lipinski definition) is 1. The van der Waals surface area contributed by atoms with E-state index in [1.807, 2.05) is 11.9 Å². The number of nitrogens with zero attached hydrogens (tertiary/aromatic N) is 1. The van der Waals surface area contributed by atoms with Crippen LogP contribution >= 0.6 is 0 Å². The van der Waals surface area contributed by atoms with Crippen molar-refractivity contribution < 1.29 is 9.84 Å². The van der Waals surface area contributed by atoms with Crippen molar-refractivity contribution in [3.8, 4) is 5.75 Å². The van der Waals surface area contributed by atoms with E-state index in [4.69, 9.17) is 9.84 Å². The third kappa shape index (κ3) is 2.54. The fourth-order valence-corrected chi connectivity index (χ4v) is 1.87. The maximum atomic E-state index is 9.05. The highest BCUT2D eigenvalue weighted by Crippen LogP contribution is 2.27. The Hall–Kier alpha value is -1.06. The second-order valence-corrected chi connectivity index (χ2v) is 4.28. The van der Waals surface area contributed by atoms with Crippen LogP contribution < -0.4 is 4.74 Å². The van der Waals surface area contributed by atoms with Gasteiger partial charge in [-0.05, 0) is 56.1 Å². The molecule has 0 saturated heterocycles. The van der Waals surface area contributed by atoms with Crippen LogP contribution in [0.3, 0.4) is 0 Å². The first-order chi connectivity index (χ1) is 7.51. The summed E-state index contributed by atoms with van der Waals surface area (Å²) in [6, 6.07) is 2.06. The van der Waals surface area contributed by atoms with Gasteiger partial charge in [-0.15, -0.1) is 0 Å². The molecule has 0 aliphatic heterocycles. The molecule has 1 aromatic carbocycles. The quantitative estimate of drug-likeness (QED) is 0.792. The van der Waals surface area contributed by atoms with Gasteiger partial charge >= 0.3 is 0 Å². The van der Waals surface area contributed by atoms with E-state index in [1.165, 1.54) is 22.3 Å². The molecule has 3 heteroatoms. The van der Waals surface area contributed by atoms with Gasteiger partial charge in [0.05, 0.1) is 13.8 Å². The lowest BCUT2D eigenvalue weighted by molar-refractivity contribution is 0.126. The van der Waals surface area contributed by atoms with Crippen LogP contribution in [0.4, 0.5) is 0 Å². The number of ether oxygens (including phenoxy) is 1. The molecule has 0 aliphatic carbocycles. The Morgan fingerprint density at radius 1 is 1.25 bits per heavy atom. The summed E-state index contributed by atoms with van der Waals surface area (Å²) in [7, 11) is 3.60. The fourth-order valence-electron chi connectivity index (χ4n) is 1.87. The number of aliphatic hydroxyl groups is 1. The van der Waals surface area contributed by atoms with Crippen LogP contribution in [0.5, 0.6) is 5.75 Å². The molecule has 0 atom stereocenters. The lowest BCUT2D eigenvalue weighted by atomic mass is 9.97. The zero-order valence-corrected chi connectivity index (χ0v) is 10.8. The molecule has 1 aromatic rings. The lowest BCUT2D eigenvalue weighted by Gasteiger charge is -2.20. The molecule has 0 radical (unpaired) electrons. The van der Waals surface area contributed by atoms with Gasteiger partial charge in [-0.2, -0.15) is 0 Å². The zero-order chi connectivity index (χ0) is 12.3. The summed E-state index contributed by atoms with van der Waals surface area (Å²) in [5.74, 6) is 0.936. The molecule has 0 spiro atoms. The van der Waals surface area contributed by atoms with Crippen LogP contribution in [0, 0.1) is 20.8 Å². The van der Waals surface area contributed by atoms with Gasteiger partial charge in [0.25, 0.3) is 0 Å². The number of benzene rings is 1. The van der Waals surface area contributed by atoms with Crippen molar-refractivity contribution in [2.75, 3.05) is 20.9 Å². The van der Waals surface area contributed by atoms with E-state index in [0.29, 0.717) is 0 Å². The van der Waals surface area contributed by atoms with E-state index in [1.54, 1.807) is 7.11 Å². The molecule has 0 unspecified atom stereocenters. The standard InChI is InChI=1S/C13H21NO2/c1-9-6-13(16-5)11(3)10(2)12(9)7-14(4)8-15/h6,15H,7-8H2,1-5H3. The van der Waals surface area contributed by atoms with E-state index in [2.05, 4.69) is 26.8 Å². The van der Waals surface area contributed by atoms with Gasteiger partial charge < -0.3 is 9.84 Å². The lowest BCUT2D eigenvalue weighted by Crippen LogP contribution is -2.20. The highest BCUT2D eigenvalue weighted by molar-refractivity contribution is 5.48. The summed E-state index contributed by atoms with van der Waals surface area (Å²) in [6.45, 7) is 7.08. The molecular weight excluding hydrogens is 202 g/mol. The first kappa shape index (κ1) is 13.0. The fraction of sp³-hybridized carbons (Fsp3) is 0.538. The van der Waals surface area contributed by atoms with Crippen molar-refractivity contribution in [3.63, 3.8) is 0 Å².